The highest BCUT2D eigenvalue weighted by molar-refractivity contribution is 5.22. The molecule has 0 amide bonds. The fourth-order valence-corrected chi connectivity index (χ4v) is 2.07. The van der Waals surface area contributed by atoms with Crippen LogP contribution in [-0.4, -0.2) is 29.8 Å². The summed E-state index contributed by atoms with van der Waals surface area (Å²) in [6, 6.07) is 1.33. The summed E-state index contributed by atoms with van der Waals surface area (Å²) < 4.78 is 5.63. The Labute approximate surface area is 102 Å². The molecule has 2 unspecified atom stereocenters. The SMILES string of the molecule is CC1CC1CN(C)c1nnc(CNC2CC2)o1. The molecule has 1 N–H and O–H groups in total. The van der Waals surface area contributed by atoms with Gasteiger partial charge in [-0.3, -0.25) is 0 Å². The lowest BCUT2D eigenvalue weighted by atomic mass is 10.3. The minimum absolute atomic E-state index is 0.650. The van der Waals surface area contributed by atoms with Crippen LogP contribution in [0.15, 0.2) is 4.42 Å². The average Bonchev–Trinajstić information content (AvgIpc) is 3.20. The van der Waals surface area contributed by atoms with Crippen molar-refractivity contribution in [3.05, 3.63) is 5.89 Å². The maximum absolute atomic E-state index is 5.63. The van der Waals surface area contributed by atoms with Crippen molar-refractivity contribution in [1.82, 2.24) is 15.5 Å². The zero-order valence-corrected chi connectivity index (χ0v) is 10.5. The van der Waals surface area contributed by atoms with E-state index in [1.807, 2.05) is 7.05 Å². The molecule has 17 heavy (non-hydrogen) atoms. The van der Waals surface area contributed by atoms with Gasteiger partial charge in [-0.2, -0.15) is 0 Å². The summed E-state index contributed by atoms with van der Waals surface area (Å²) in [5.74, 6) is 2.36. The Morgan fingerprint density at radius 2 is 2.18 bits per heavy atom. The number of hydrogen-bond donors (Lipinski definition) is 1. The minimum Gasteiger partial charge on any atom is -0.407 e. The van der Waals surface area contributed by atoms with Gasteiger partial charge in [-0.05, 0) is 31.1 Å². The van der Waals surface area contributed by atoms with E-state index in [1.54, 1.807) is 0 Å². The fraction of sp³-hybridized carbons (Fsp3) is 0.833. The summed E-state index contributed by atoms with van der Waals surface area (Å²) >= 11 is 0. The van der Waals surface area contributed by atoms with Crippen LogP contribution in [0.3, 0.4) is 0 Å². The molecule has 1 aromatic rings. The molecule has 2 atom stereocenters. The van der Waals surface area contributed by atoms with Crippen LogP contribution in [0.25, 0.3) is 0 Å². The van der Waals surface area contributed by atoms with Crippen LogP contribution in [0.1, 0.15) is 32.1 Å². The molecule has 5 nitrogen and oxygen atoms in total. The number of rotatable bonds is 6. The third-order valence-electron chi connectivity index (χ3n) is 3.69. The van der Waals surface area contributed by atoms with Crippen molar-refractivity contribution in [3.63, 3.8) is 0 Å². The van der Waals surface area contributed by atoms with Gasteiger partial charge < -0.3 is 14.6 Å². The van der Waals surface area contributed by atoms with Crippen LogP contribution in [0, 0.1) is 11.8 Å². The van der Waals surface area contributed by atoms with E-state index in [0.717, 1.165) is 18.4 Å². The van der Waals surface area contributed by atoms with Crippen molar-refractivity contribution >= 4 is 6.01 Å². The highest BCUT2D eigenvalue weighted by atomic mass is 16.4. The molecule has 0 spiro atoms. The Morgan fingerprint density at radius 1 is 1.41 bits per heavy atom. The zero-order valence-electron chi connectivity index (χ0n) is 10.5. The molecule has 1 aromatic heterocycles. The highest BCUT2D eigenvalue weighted by Crippen LogP contribution is 2.38. The molecule has 0 saturated heterocycles. The molecular formula is C12H20N4O. The number of anilines is 1. The fourth-order valence-electron chi connectivity index (χ4n) is 2.07. The molecule has 2 aliphatic rings. The van der Waals surface area contributed by atoms with Gasteiger partial charge in [0, 0.05) is 19.6 Å². The second kappa shape index (κ2) is 4.29. The van der Waals surface area contributed by atoms with Gasteiger partial charge in [0.25, 0.3) is 0 Å². The van der Waals surface area contributed by atoms with Crippen LogP contribution in [0.5, 0.6) is 0 Å². The van der Waals surface area contributed by atoms with E-state index in [2.05, 4.69) is 27.3 Å². The first-order valence-electron chi connectivity index (χ1n) is 6.49. The van der Waals surface area contributed by atoms with Crippen LogP contribution in [-0.2, 0) is 6.54 Å². The summed E-state index contributed by atoms with van der Waals surface area (Å²) in [7, 11) is 2.02. The maximum atomic E-state index is 5.63. The second-order valence-corrected chi connectivity index (χ2v) is 5.49. The van der Waals surface area contributed by atoms with Gasteiger partial charge in [-0.1, -0.05) is 12.0 Å². The lowest BCUT2D eigenvalue weighted by molar-refractivity contribution is 0.462. The van der Waals surface area contributed by atoms with E-state index in [4.69, 9.17) is 4.42 Å². The summed E-state index contributed by atoms with van der Waals surface area (Å²) in [5, 5.41) is 11.5. The van der Waals surface area contributed by atoms with Crippen LogP contribution in [0.2, 0.25) is 0 Å². The number of hydrogen-bond acceptors (Lipinski definition) is 5. The van der Waals surface area contributed by atoms with E-state index in [1.165, 1.54) is 19.3 Å². The molecule has 3 rings (SSSR count). The normalized spacial score (nSPS) is 27.2. The molecule has 1 heterocycles. The van der Waals surface area contributed by atoms with Crippen LogP contribution in [0.4, 0.5) is 6.01 Å². The Morgan fingerprint density at radius 3 is 2.82 bits per heavy atom. The Kier molecular flexibility index (Phi) is 2.78. The number of nitrogens with zero attached hydrogens (tertiary/aromatic N) is 3. The van der Waals surface area contributed by atoms with Crippen molar-refractivity contribution in [1.29, 1.82) is 0 Å². The van der Waals surface area contributed by atoms with Crippen molar-refractivity contribution in [2.45, 2.75) is 38.8 Å². The summed E-state index contributed by atoms with van der Waals surface area (Å²) in [6.07, 6.45) is 3.88. The summed E-state index contributed by atoms with van der Waals surface area (Å²) in [4.78, 5) is 2.07. The molecule has 0 radical (unpaired) electrons. The maximum Gasteiger partial charge on any atom is 0.317 e. The monoisotopic (exact) mass is 236 g/mol. The highest BCUT2D eigenvalue weighted by Gasteiger charge is 2.34. The summed E-state index contributed by atoms with van der Waals surface area (Å²) in [5.41, 5.74) is 0. The van der Waals surface area contributed by atoms with Crippen molar-refractivity contribution in [2.24, 2.45) is 11.8 Å². The van der Waals surface area contributed by atoms with Crippen molar-refractivity contribution in [3.8, 4) is 0 Å². The predicted molar refractivity (Wildman–Crippen MR) is 64.7 cm³/mol. The van der Waals surface area contributed by atoms with Gasteiger partial charge in [0.2, 0.25) is 5.89 Å². The Bertz CT molecular complexity index is 388. The molecule has 2 fully saturated rings. The van der Waals surface area contributed by atoms with Crippen LogP contribution < -0.4 is 10.2 Å². The Hall–Kier alpha value is -1.10. The summed E-state index contributed by atoms with van der Waals surface area (Å²) in [6.45, 7) is 4.02. The molecule has 2 aliphatic carbocycles. The van der Waals surface area contributed by atoms with Gasteiger partial charge in [0.1, 0.15) is 0 Å². The van der Waals surface area contributed by atoms with E-state index in [-0.39, 0.29) is 0 Å². The molecule has 94 valence electrons. The van der Waals surface area contributed by atoms with Crippen molar-refractivity contribution in [2.75, 3.05) is 18.5 Å². The number of aromatic nitrogens is 2. The molecular weight excluding hydrogens is 216 g/mol. The molecule has 0 aliphatic heterocycles. The third-order valence-corrected chi connectivity index (χ3v) is 3.69. The van der Waals surface area contributed by atoms with E-state index >= 15 is 0 Å². The second-order valence-electron chi connectivity index (χ2n) is 5.49. The molecule has 0 bridgehead atoms. The van der Waals surface area contributed by atoms with Gasteiger partial charge >= 0.3 is 6.01 Å². The van der Waals surface area contributed by atoms with Gasteiger partial charge in [0.15, 0.2) is 0 Å². The molecule has 5 heteroatoms. The average molecular weight is 236 g/mol. The smallest absolute Gasteiger partial charge is 0.317 e. The largest absolute Gasteiger partial charge is 0.407 e. The predicted octanol–water partition coefficient (Wildman–Crippen LogP) is 1.41. The van der Waals surface area contributed by atoms with Crippen LogP contribution >= 0.6 is 0 Å². The van der Waals surface area contributed by atoms with Gasteiger partial charge in [-0.25, -0.2) is 0 Å². The third kappa shape index (κ3) is 2.77. The van der Waals surface area contributed by atoms with Crippen molar-refractivity contribution < 1.29 is 4.42 Å². The van der Waals surface area contributed by atoms with E-state index in [9.17, 15) is 0 Å². The lowest BCUT2D eigenvalue weighted by Crippen LogP contribution is -2.20. The van der Waals surface area contributed by atoms with E-state index < -0.39 is 0 Å². The zero-order chi connectivity index (χ0) is 11.8. The molecule has 2 saturated carbocycles. The topological polar surface area (TPSA) is 54.2 Å². The van der Waals surface area contributed by atoms with Gasteiger partial charge in [-0.15, -0.1) is 5.10 Å². The minimum atomic E-state index is 0.650. The van der Waals surface area contributed by atoms with Gasteiger partial charge in [0.05, 0.1) is 6.54 Å². The Balaban J connectivity index is 1.51. The first kappa shape index (κ1) is 11.0. The molecule has 0 aromatic carbocycles. The first-order chi connectivity index (χ1) is 8.22. The quantitative estimate of drug-likeness (QED) is 0.809. The standard InChI is InChI=1S/C12H20N4O/c1-8-5-9(8)7-16(2)12-15-14-11(17-12)6-13-10-3-4-10/h8-10,13H,3-7H2,1-2H3. The first-order valence-corrected chi connectivity index (χ1v) is 6.49. The lowest BCUT2D eigenvalue weighted by Gasteiger charge is -2.12. The number of nitrogens with one attached hydrogen (secondary N) is 1. The van der Waals surface area contributed by atoms with E-state index in [0.29, 0.717) is 24.5 Å².